The zero-order chi connectivity index (χ0) is 14.7. The molecule has 2 amide bonds. The molecule has 0 bridgehead atoms. The molecule has 0 radical (unpaired) electrons. The smallest absolute Gasteiger partial charge is 0.328 e. The SMILES string of the molecule is COC(=O)C(C)NC(=O)C1CCN(C(=O)C2CC2)CC1. The maximum absolute atomic E-state index is 12.0. The molecule has 1 N–H and O–H groups in total. The van der Waals surface area contributed by atoms with E-state index < -0.39 is 12.0 Å². The molecule has 1 saturated carbocycles. The number of nitrogens with one attached hydrogen (secondary N) is 1. The molecule has 0 aromatic heterocycles. The van der Waals surface area contributed by atoms with Gasteiger partial charge in [-0.15, -0.1) is 0 Å². The van der Waals surface area contributed by atoms with E-state index in [4.69, 9.17) is 0 Å². The summed E-state index contributed by atoms with van der Waals surface area (Å²) in [5.41, 5.74) is 0. The number of piperidine rings is 1. The van der Waals surface area contributed by atoms with Crippen molar-refractivity contribution in [2.24, 2.45) is 11.8 Å². The molecule has 112 valence electrons. The molecule has 1 saturated heterocycles. The van der Waals surface area contributed by atoms with Gasteiger partial charge in [0.1, 0.15) is 6.04 Å². The number of carbonyl (C=O) groups excluding carboxylic acids is 3. The van der Waals surface area contributed by atoms with Gasteiger partial charge in [0.15, 0.2) is 0 Å². The van der Waals surface area contributed by atoms with E-state index in [1.807, 2.05) is 4.90 Å². The third-order valence-electron chi connectivity index (χ3n) is 4.02. The average molecular weight is 282 g/mol. The fraction of sp³-hybridized carbons (Fsp3) is 0.786. The Kier molecular flexibility index (Phi) is 4.62. The molecule has 1 heterocycles. The van der Waals surface area contributed by atoms with Crippen molar-refractivity contribution in [1.82, 2.24) is 10.2 Å². The highest BCUT2D eigenvalue weighted by Gasteiger charge is 2.36. The summed E-state index contributed by atoms with van der Waals surface area (Å²) >= 11 is 0. The minimum atomic E-state index is -0.626. The molecule has 2 fully saturated rings. The minimum Gasteiger partial charge on any atom is -0.467 e. The van der Waals surface area contributed by atoms with Crippen LogP contribution in [0, 0.1) is 11.8 Å². The van der Waals surface area contributed by atoms with E-state index in [9.17, 15) is 14.4 Å². The molecule has 1 aliphatic carbocycles. The van der Waals surface area contributed by atoms with Crippen LogP contribution in [-0.4, -0.2) is 48.9 Å². The Morgan fingerprint density at radius 2 is 1.70 bits per heavy atom. The van der Waals surface area contributed by atoms with Gasteiger partial charge in [-0.05, 0) is 32.6 Å². The molecular formula is C14H22N2O4. The standard InChI is InChI=1S/C14H22N2O4/c1-9(14(19)20-2)15-12(17)10-5-7-16(8-6-10)13(18)11-3-4-11/h9-11H,3-8H2,1-2H3,(H,15,17). The molecule has 6 nitrogen and oxygen atoms in total. The Bertz CT molecular complexity index is 398. The maximum Gasteiger partial charge on any atom is 0.328 e. The number of hydrogen-bond acceptors (Lipinski definition) is 4. The van der Waals surface area contributed by atoms with E-state index in [0.29, 0.717) is 25.9 Å². The van der Waals surface area contributed by atoms with E-state index >= 15 is 0 Å². The molecular weight excluding hydrogens is 260 g/mol. The first-order chi connectivity index (χ1) is 9.52. The van der Waals surface area contributed by atoms with E-state index in [-0.39, 0.29) is 23.7 Å². The molecule has 6 heteroatoms. The van der Waals surface area contributed by atoms with Crippen molar-refractivity contribution in [2.45, 2.75) is 38.6 Å². The summed E-state index contributed by atoms with van der Waals surface area (Å²) in [5, 5.41) is 2.66. The van der Waals surface area contributed by atoms with Gasteiger partial charge >= 0.3 is 5.97 Å². The summed E-state index contributed by atoms with van der Waals surface area (Å²) in [6.07, 6.45) is 3.35. The van der Waals surface area contributed by atoms with Crippen LogP contribution in [0.15, 0.2) is 0 Å². The molecule has 2 aliphatic rings. The van der Waals surface area contributed by atoms with Gasteiger partial charge in [0.2, 0.25) is 11.8 Å². The first kappa shape index (κ1) is 14.8. The number of likely N-dealkylation sites (tertiary alicyclic amines) is 1. The van der Waals surface area contributed by atoms with Gasteiger partial charge in [0.05, 0.1) is 7.11 Å². The summed E-state index contributed by atoms with van der Waals surface area (Å²) in [6.45, 7) is 2.88. The Labute approximate surface area is 118 Å². The van der Waals surface area contributed by atoms with Crippen molar-refractivity contribution in [3.05, 3.63) is 0 Å². The second kappa shape index (κ2) is 6.24. The highest BCUT2D eigenvalue weighted by molar-refractivity contribution is 5.86. The monoisotopic (exact) mass is 282 g/mol. The third-order valence-corrected chi connectivity index (χ3v) is 4.02. The summed E-state index contributed by atoms with van der Waals surface area (Å²) < 4.78 is 4.58. The van der Waals surface area contributed by atoms with Crippen molar-refractivity contribution >= 4 is 17.8 Å². The molecule has 1 aliphatic heterocycles. The predicted molar refractivity (Wildman–Crippen MR) is 71.6 cm³/mol. The summed E-state index contributed by atoms with van der Waals surface area (Å²) in [7, 11) is 1.30. The molecule has 1 unspecified atom stereocenters. The second-order valence-corrected chi connectivity index (χ2v) is 5.63. The van der Waals surface area contributed by atoms with Crippen LogP contribution in [0.25, 0.3) is 0 Å². The van der Waals surface area contributed by atoms with Crippen LogP contribution in [-0.2, 0) is 19.1 Å². The van der Waals surface area contributed by atoms with Crippen molar-refractivity contribution in [2.75, 3.05) is 20.2 Å². The zero-order valence-electron chi connectivity index (χ0n) is 12.1. The molecule has 2 rings (SSSR count). The second-order valence-electron chi connectivity index (χ2n) is 5.63. The summed E-state index contributed by atoms with van der Waals surface area (Å²) in [5.74, 6) is -0.210. The topological polar surface area (TPSA) is 75.7 Å². The summed E-state index contributed by atoms with van der Waals surface area (Å²) in [4.78, 5) is 37.1. The van der Waals surface area contributed by atoms with Crippen LogP contribution in [0.1, 0.15) is 32.6 Å². The Morgan fingerprint density at radius 3 is 2.20 bits per heavy atom. The lowest BCUT2D eigenvalue weighted by Crippen LogP contribution is -2.47. The van der Waals surface area contributed by atoms with Crippen LogP contribution < -0.4 is 5.32 Å². The van der Waals surface area contributed by atoms with Crippen LogP contribution in [0.2, 0.25) is 0 Å². The molecule has 1 atom stereocenters. The van der Waals surface area contributed by atoms with E-state index in [2.05, 4.69) is 10.1 Å². The lowest BCUT2D eigenvalue weighted by atomic mass is 9.95. The van der Waals surface area contributed by atoms with Gasteiger partial charge in [-0.3, -0.25) is 9.59 Å². The van der Waals surface area contributed by atoms with Crippen LogP contribution in [0.3, 0.4) is 0 Å². The van der Waals surface area contributed by atoms with Gasteiger partial charge in [0.25, 0.3) is 0 Å². The number of nitrogens with zero attached hydrogens (tertiary/aromatic N) is 1. The maximum atomic E-state index is 12.0. The van der Waals surface area contributed by atoms with Gasteiger partial charge in [-0.1, -0.05) is 0 Å². The largest absolute Gasteiger partial charge is 0.467 e. The molecule has 0 aromatic rings. The highest BCUT2D eigenvalue weighted by atomic mass is 16.5. The van der Waals surface area contributed by atoms with Crippen LogP contribution in [0.5, 0.6) is 0 Å². The van der Waals surface area contributed by atoms with Crippen molar-refractivity contribution in [3.8, 4) is 0 Å². The first-order valence-electron chi connectivity index (χ1n) is 7.20. The van der Waals surface area contributed by atoms with Crippen molar-refractivity contribution in [3.63, 3.8) is 0 Å². The van der Waals surface area contributed by atoms with E-state index in [0.717, 1.165) is 12.8 Å². The number of carbonyl (C=O) groups is 3. The third kappa shape index (κ3) is 3.49. The first-order valence-corrected chi connectivity index (χ1v) is 7.20. The normalized spacial score (nSPS) is 21.2. The van der Waals surface area contributed by atoms with Gasteiger partial charge in [0, 0.05) is 24.9 Å². The number of ether oxygens (including phenoxy) is 1. The van der Waals surface area contributed by atoms with Gasteiger partial charge in [-0.2, -0.15) is 0 Å². The van der Waals surface area contributed by atoms with Crippen LogP contribution in [0.4, 0.5) is 0 Å². The lowest BCUT2D eigenvalue weighted by molar-refractivity contribution is -0.145. The average Bonchev–Trinajstić information content (AvgIpc) is 3.30. The molecule has 0 aromatic carbocycles. The Balaban J connectivity index is 1.76. The minimum absolute atomic E-state index is 0.120. The van der Waals surface area contributed by atoms with Gasteiger partial charge in [-0.25, -0.2) is 4.79 Å². The fourth-order valence-corrected chi connectivity index (χ4v) is 2.52. The Hall–Kier alpha value is -1.59. The van der Waals surface area contributed by atoms with Crippen molar-refractivity contribution in [1.29, 1.82) is 0 Å². The van der Waals surface area contributed by atoms with Crippen molar-refractivity contribution < 1.29 is 19.1 Å². The number of amides is 2. The van der Waals surface area contributed by atoms with E-state index in [1.165, 1.54) is 7.11 Å². The highest BCUT2D eigenvalue weighted by Crippen LogP contribution is 2.32. The van der Waals surface area contributed by atoms with Gasteiger partial charge < -0.3 is 15.0 Å². The van der Waals surface area contributed by atoms with E-state index in [1.54, 1.807) is 6.92 Å². The number of esters is 1. The quantitative estimate of drug-likeness (QED) is 0.753. The number of methoxy groups -OCH3 is 1. The number of rotatable bonds is 4. The summed E-state index contributed by atoms with van der Waals surface area (Å²) in [6, 6.07) is -0.626. The molecule has 20 heavy (non-hydrogen) atoms. The number of hydrogen-bond donors (Lipinski definition) is 1. The fourth-order valence-electron chi connectivity index (χ4n) is 2.52. The zero-order valence-corrected chi connectivity index (χ0v) is 12.1. The lowest BCUT2D eigenvalue weighted by Gasteiger charge is -2.31. The Morgan fingerprint density at radius 1 is 1.10 bits per heavy atom. The van der Waals surface area contributed by atoms with Crippen LogP contribution >= 0.6 is 0 Å². The predicted octanol–water partition coefficient (Wildman–Crippen LogP) is 0.313. The molecule has 0 spiro atoms.